The number of alkyl carbamates (subject to hydrolysis) is 1. The van der Waals surface area contributed by atoms with Crippen molar-refractivity contribution in [1.29, 1.82) is 0 Å². The first-order valence-electron chi connectivity index (χ1n) is 5.61. The van der Waals surface area contributed by atoms with Gasteiger partial charge in [-0.1, -0.05) is 25.1 Å². The van der Waals surface area contributed by atoms with E-state index in [1.54, 1.807) is 0 Å². The Balaban J connectivity index is 2.06. The molecule has 0 saturated carbocycles. The molecule has 1 aliphatic heterocycles. The minimum atomic E-state index is -1.12. The molecule has 2 atom stereocenters. The Labute approximate surface area is 103 Å². The van der Waals surface area contributed by atoms with Gasteiger partial charge in [-0.2, -0.15) is 0 Å². The molecular weight excluding hydrogens is 238 g/mol. The largest absolute Gasteiger partial charge is 0.443 e. The predicted octanol–water partition coefficient (Wildman–Crippen LogP) is 1.47. The number of benzene rings is 1. The second-order valence-electron chi connectivity index (χ2n) is 3.88. The van der Waals surface area contributed by atoms with Gasteiger partial charge in [0.15, 0.2) is 0 Å². The highest BCUT2D eigenvalue weighted by molar-refractivity contribution is 7.85. The summed E-state index contributed by atoms with van der Waals surface area (Å²) in [5.41, 5.74) is 1.09. The highest BCUT2D eigenvalue weighted by atomic mass is 32.2. The van der Waals surface area contributed by atoms with E-state index in [4.69, 9.17) is 4.74 Å². The van der Waals surface area contributed by atoms with Crippen LogP contribution in [-0.4, -0.2) is 28.7 Å². The zero-order valence-electron chi connectivity index (χ0n) is 9.64. The van der Waals surface area contributed by atoms with Crippen LogP contribution in [0.2, 0.25) is 0 Å². The molecule has 0 bridgehead atoms. The fourth-order valence-electron chi connectivity index (χ4n) is 1.80. The fraction of sp³-hybridized carbons (Fsp3) is 0.417. The van der Waals surface area contributed by atoms with Crippen LogP contribution in [0.5, 0.6) is 0 Å². The van der Waals surface area contributed by atoms with Crippen molar-refractivity contribution >= 4 is 16.9 Å². The molecule has 4 nitrogen and oxygen atoms in total. The number of rotatable bonds is 4. The van der Waals surface area contributed by atoms with Gasteiger partial charge in [0.25, 0.3) is 0 Å². The molecule has 17 heavy (non-hydrogen) atoms. The van der Waals surface area contributed by atoms with Crippen molar-refractivity contribution in [1.82, 2.24) is 5.32 Å². The number of ether oxygens (including phenoxy) is 1. The van der Waals surface area contributed by atoms with E-state index in [1.165, 1.54) is 0 Å². The Hall–Kier alpha value is -1.36. The summed E-state index contributed by atoms with van der Waals surface area (Å²) in [5, 5.41) is 2.56. The van der Waals surface area contributed by atoms with E-state index in [0.29, 0.717) is 12.3 Å². The Kier molecular flexibility index (Phi) is 3.78. The first-order valence-corrected chi connectivity index (χ1v) is 6.93. The smallest absolute Gasteiger partial charge is 0.407 e. The fourth-order valence-corrected chi connectivity index (χ4v) is 3.24. The monoisotopic (exact) mass is 253 g/mol. The molecule has 1 fully saturated rings. The molecule has 2 unspecified atom stereocenters. The Morgan fingerprint density at radius 3 is 2.88 bits per heavy atom. The molecule has 0 spiro atoms. The Bertz CT molecular complexity index is 447. The summed E-state index contributed by atoms with van der Waals surface area (Å²) >= 11 is 0. The van der Waals surface area contributed by atoms with E-state index >= 15 is 0 Å². The van der Waals surface area contributed by atoms with Crippen LogP contribution in [0.4, 0.5) is 4.79 Å². The summed E-state index contributed by atoms with van der Waals surface area (Å²) < 4.78 is 17.2. The maximum absolute atomic E-state index is 12.2. The van der Waals surface area contributed by atoms with Gasteiger partial charge in [-0.15, -0.1) is 0 Å². The summed E-state index contributed by atoms with van der Waals surface area (Å²) in [5.74, 6) is 0.357. The lowest BCUT2D eigenvalue weighted by Gasteiger charge is -2.10. The van der Waals surface area contributed by atoms with Gasteiger partial charge in [0.1, 0.15) is 6.10 Å². The van der Waals surface area contributed by atoms with E-state index in [1.807, 2.05) is 31.2 Å². The molecule has 2 rings (SSSR count). The van der Waals surface area contributed by atoms with E-state index in [9.17, 15) is 9.00 Å². The first-order chi connectivity index (χ1) is 8.20. The van der Waals surface area contributed by atoms with Crippen LogP contribution in [0.3, 0.4) is 0 Å². The molecule has 1 heterocycles. The summed E-state index contributed by atoms with van der Waals surface area (Å²) in [6.45, 7) is 2.48. The van der Waals surface area contributed by atoms with Crippen LogP contribution in [-0.2, 0) is 22.0 Å². The molecule has 1 amide bonds. The lowest BCUT2D eigenvalue weighted by atomic mass is 10.2. The number of cyclic esters (lactones) is 1. The predicted molar refractivity (Wildman–Crippen MR) is 65.4 cm³/mol. The minimum Gasteiger partial charge on any atom is -0.443 e. The molecule has 1 N–H and O–H groups in total. The lowest BCUT2D eigenvalue weighted by Crippen LogP contribution is -2.21. The van der Waals surface area contributed by atoms with Gasteiger partial charge in [0, 0.05) is 4.90 Å². The van der Waals surface area contributed by atoms with Gasteiger partial charge < -0.3 is 10.1 Å². The van der Waals surface area contributed by atoms with Gasteiger partial charge in [-0.3, -0.25) is 4.21 Å². The van der Waals surface area contributed by atoms with Crippen molar-refractivity contribution in [2.24, 2.45) is 0 Å². The molecule has 1 aromatic rings. The van der Waals surface area contributed by atoms with Crippen LogP contribution >= 0.6 is 0 Å². The second kappa shape index (κ2) is 5.31. The van der Waals surface area contributed by atoms with Gasteiger partial charge in [0.05, 0.1) is 23.1 Å². The van der Waals surface area contributed by atoms with Crippen molar-refractivity contribution < 1.29 is 13.7 Å². The molecule has 1 aliphatic rings. The van der Waals surface area contributed by atoms with Crippen molar-refractivity contribution in [3.63, 3.8) is 0 Å². The topological polar surface area (TPSA) is 55.4 Å². The summed E-state index contributed by atoms with van der Waals surface area (Å²) in [4.78, 5) is 11.7. The van der Waals surface area contributed by atoms with Crippen molar-refractivity contribution in [3.8, 4) is 0 Å². The summed E-state index contributed by atoms with van der Waals surface area (Å²) in [7, 11) is -1.12. The quantitative estimate of drug-likeness (QED) is 0.884. The maximum Gasteiger partial charge on any atom is 0.407 e. The average Bonchev–Trinajstić information content (AvgIpc) is 2.74. The van der Waals surface area contributed by atoms with Gasteiger partial charge in [-0.05, 0) is 18.1 Å². The van der Waals surface area contributed by atoms with Crippen LogP contribution in [0.25, 0.3) is 0 Å². The molecule has 0 radical (unpaired) electrons. The van der Waals surface area contributed by atoms with Crippen molar-refractivity contribution in [3.05, 3.63) is 29.8 Å². The Morgan fingerprint density at radius 1 is 1.47 bits per heavy atom. The molecule has 92 valence electrons. The molecule has 0 aromatic heterocycles. The third-order valence-electron chi connectivity index (χ3n) is 2.68. The van der Waals surface area contributed by atoms with Gasteiger partial charge in [-0.25, -0.2) is 4.79 Å². The molecule has 0 aliphatic carbocycles. The SMILES string of the molecule is CCc1ccccc1S(=O)CC1CNC(=O)O1. The zero-order valence-corrected chi connectivity index (χ0v) is 10.5. The number of hydrogen-bond acceptors (Lipinski definition) is 3. The summed E-state index contributed by atoms with van der Waals surface area (Å²) in [6.07, 6.45) is 0.147. The number of hydrogen-bond donors (Lipinski definition) is 1. The molecule has 1 aromatic carbocycles. The van der Waals surface area contributed by atoms with Crippen molar-refractivity contribution in [2.75, 3.05) is 12.3 Å². The molecule has 1 saturated heterocycles. The highest BCUT2D eigenvalue weighted by Crippen LogP contribution is 2.16. The number of amides is 1. The number of aryl methyl sites for hydroxylation is 1. The molecule has 5 heteroatoms. The van der Waals surface area contributed by atoms with E-state index < -0.39 is 16.9 Å². The van der Waals surface area contributed by atoms with Crippen LogP contribution < -0.4 is 5.32 Å². The third kappa shape index (κ3) is 2.85. The van der Waals surface area contributed by atoms with E-state index in [2.05, 4.69) is 5.32 Å². The molecular formula is C12H15NO3S. The average molecular weight is 253 g/mol. The van der Waals surface area contributed by atoms with Crippen LogP contribution in [0.15, 0.2) is 29.2 Å². The first kappa shape index (κ1) is 12.1. The van der Waals surface area contributed by atoms with Crippen LogP contribution in [0, 0.1) is 0 Å². The van der Waals surface area contributed by atoms with Gasteiger partial charge in [0.2, 0.25) is 0 Å². The number of carbonyl (C=O) groups excluding carboxylic acids is 1. The minimum absolute atomic E-state index is 0.284. The maximum atomic E-state index is 12.2. The second-order valence-corrected chi connectivity index (χ2v) is 5.35. The van der Waals surface area contributed by atoms with E-state index in [-0.39, 0.29) is 6.10 Å². The standard InChI is InChI=1S/C12H15NO3S/c1-2-9-5-3-4-6-11(9)17(15)8-10-7-13-12(14)16-10/h3-6,10H,2,7-8H2,1H3,(H,13,14). The number of nitrogens with one attached hydrogen (secondary N) is 1. The number of carbonyl (C=O) groups is 1. The van der Waals surface area contributed by atoms with E-state index in [0.717, 1.165) is 16.9 Å². The Morgan fingerprint density at radius 2 is 2.24 bits per heavy atom. The summed E-state index contributed by atoms with van der Waals surface area (Å²) in [6, 6.07) is 7.67. The normalized spacial score (nSPS) is 20.8. The third-order valence-corrected chi connectivity index (χ3v) is 4.25. The highest BCUT2D eigenvalue weighted by Gasteiger charge is 2.25. The lowest BCUT2D eigenvalue weighted by molar-refractivity contribution is 0.150. The zero-order chi connectivity index (χ0) is 12.3. The van der Waals surface area contributed by atoms with Gasteiger partial charge >= 0.3 is 6.09 Å². The van der Waals surface area contributed by atoms with Crippen molar-refractivity contribution in [2.45, 2.75) is 24.3 Å². The van der Waals surface area contributed by atoms with Crippen LogP contribution in [0.1, 0.15) is 12.5 Å².